The standard InChI is InChI=1S/C15H21NO4S/c1-12(2)16(8-10-18)21(19,20)15-7-6-13(3)11-14(15)5-4-9-17/h6-7,11-12,17-18H,8-10H2,1-3H3. The molecule has 6 heteroatoms. The van der Waals surface area contributed by atoms with Gasteiger partial charge in [0.05, 0.1) is 11.5 Å². The second-order valence-corrected chi connectivity index (χ2v) is 6.75. The van der Waals surface area contributed by atoms with Gasteiger partial charge in [-0.1, -0.05) is 17.9 Å². The van der Waals surface area contributed by atoms with Crippen molar-refractivity contribution in [3.8, 4) is 11.8 Å². The van der Waals surface area contributed by atoms with Crippen molar-refractivity contribution < 1.29 is 18.6 Å². The Morgan fingerprint density at radius 3 is 2.48 bits per heavy atom. The molecule has 116 valence electrons. The van der Waals surface area contributed by atoms with Crippen LogP contribution in [0.2, 0.25) is 0 Å². The van der Waals surface area contributed by atoms with Gasteiger partial charge in [0, 0.05) is 18.2 Å². The Kier molecular flexibility index (Phi) is 6.37. The molecule has 0 saturated carbocycles. The third kappa shape index (κ3) is 4.29. The highest BCUT2D eigenvalue weighted by Crippen LogP contribution is 2.22. The zero-order valence-electron chi connectivity index (χ0n) is 12.5. The number of hydrogen-bond donors (Lipinski definition) is 2. The molecule has 0 amide bonds. The fourth-order valence-corrected chi connectivity index (χ4v) is 3.74. The highest BCUT2D eigenvalue weighted by atomic mass is 32.2. The maximum absolute atomic E-state index is 12.7. The summed E-state index contributed by atoms with van der Waals surface area (Å²) in [6.07, 6.45) is 0. The maximum Gasteiger partial charge on any atom is 0.244 e. The van der Waals surface area contributed by atoms with Gasteiger partial charge >= 0.3 is 0 Å². The van der Waals surface area contributed by atoms with E-state index in [1.54, 1.807) is 26.0 Å². The van der Waals surface area contributed by atoms with Gasteiger partial charge in [-0.2, -0.15) is 4.31 Å². The summed E-state index contributed by atoms with van der Waals surface area (Å²) in [5, 5.41) is 17.9. The van der Waals surface area contributed by atoms with Gasteiger partial charge in [-0.05, 0) is 38.5 Å². The lowest BCUT2D eigenvalue weighted by Crippen LogP contribution is -2.39. The van der Waals surface area contributed by atoms with Crippen molar-refractivity contribution in [2.45, 2.75) is 31.7 Å². The molecule has 0 aliphatic heterocycles. The second kappa shape index (κ2) is 7.57. The van der Waals surface area contributed by atoms with E-state index < -0.39 is 10.0 Å². The fraction of sp³-hybridized carbons (Fsp3) is 0.467. The first-order valence-corrected chi connectivity index (χ1v) is 8.11. The molecule has 2 N–H and O–H groups in total. The maximum atomic E-state index is 12.7. The number of sulfonamides is 1. The number of rotatable bonds is 5. The van der Waals surface area contributed by atoms with E-state index in [2.05, 4.69) is 11.8 Å². The number of nitrogens with zero attached hydrogens (tertiary/aromatic N) is 1. The first kappa shape index (κ1) is 17.7. The zero-order chi connectivity index (χ0) is 16.0. The Hall–Kier alpha value is -1.39. The van der Waals surface area contributed by atoms with Gasteiger partial charge in [0.1, 0.15) is 6.61 Å². The van der Waals surface area contributed by atoms with Gasteiger partial charge in [0.15, 0.2) is 0 Å². The number of aryl methyl sites for hydroxylation is 1. The van der Waals surface area contributed by atoms with Crippen LogP contribution in [0.5, 0.6) is 0 Å². The van der Waals surface area contributed by atoms with Crippen LogP contribution in [0.1, 0.15) is 25.0 Å². The molecule has 1 aromatic rings. The minimum absolute atomic E-state index is 0.0285. The number of aliphatic hydroxyl groups is 2. The first-order chi connectivity index (χ1) is 9.84. The quantitative estimate of drug-likeness (QED) is 0.786. The lowest BCUT2D eigenvalue weighted by atomic mass is 10.1. The van der Waals surface area contributed by atoms with Crippen LogP contribution in [0.25, 0.3) is 0 Å². The fourth-order valence-electron chi connectivity index (χ4n) is 1.98. The predicted molar refractivity (Wildman–Crippen MR) is 81.3 cm³/mol. The Bertz CT molecular complexity index is 641. The van der Waals surface area contributed by atoms with E-state index in [1.807, 2.05) is 6.92 Å². The molecule has 21 heavy (non-hydrogen) atoms. The van der Waals surface area contributed by atoms with Crippen LogP contribution in [0, 0.1) is 18.8 Å². The van der Waals surface area contributed by atoms with Crippen molar-refractivity contribution in [3.63, 3.8) is 0 Å². The van der Waals surface area contributed by atoms with E-state index in [-0.39, 0.29) is 30.7 Å². The molecular formula is C15H21NO4S. The molecule has 0 bridgehead atoms. The first-order valence-electron chi connectivity index (χ1n) is 6.67. The van der Waals surface area contributed by atoms with Crippen LogP contribution in [0.3, 0.4) is 0 Å². The van der Waals surface area contributed by atoms with Crippen LogP contribution < -0.4 is 0 Å². The topological polar surface area (TPSA) is 77.8 Å². The zero-order valence-corrected chi connectivity index (χ0v) is 13.3. The Labute approximate surface area is 126 Å². The molecule has 0 fully saturated rings. The van der Waals surface area contributed by atoms with Gasteiger partial charge in [-0.3, -0.25) is 0 Å². The summed E-state index contributed by atoms with van der Waals surface area (Å²) >= 11 is 0. The monoisotopic (exact) mass is 311 g/mol. The largest absolute Gasteiger partial charge is 0.395 e. The van der Waals surface area contributed by atoms with E-state index >= 15 is 0 Å². The Balaban J connectivity index is 3.42. The van der Waals surface area contributed by atoms with E-state index in [1.165, 1.54) is 10.4 Å². The normalized spacial score (nSPS) is 11.6. The lowest BCUT2D eigenvalue weighted by Gasteiger charge is -2.25. The molecule has 0 heterocycles. The second-order valence-electron chi connectivity index (χ2n) is 4.89. The minimum atomic E-state index is -3.75. The summed E-state index contributed by atoms with van der Waals surface area (Å²) in [7, 11) is -3.75. The van der Waals surface area contributed by atoms with Crippen molar-refractivity contribution in [3.05, 3.63) is 29.3 Å². The SMILES string of the molecule is Cc1ccc(S(=O)(=O)N(CCO)C(C)C)c(C#CCO)c1. The highest BCUT2D eigenvalue weighted by molar-refractivity contribution is 7.89. The summed E-state index contributed by atoms with van der Waals surface area (Å²) in [5.74, 6) is 5.16. The minimum Gasteiger partial charge on any atom is -0.395 e. The smallest absolute Gasteiger partial charge is 0.244 e. The predicted octanol–water partition coefficient (Wildman–Crippen LogP) is 0.730. The van der Waals surface area contributed by atoms with Gasteiger partial charge < -0.3 is 10.2 Å². The molecule has 0 atom stereocenters. The molecule has 0 saturated heterocycles. The van der Waals surface area contributed by atoms with Gasteiger partial charge in [-0.15, -0.1) is 0 Å². The molecule has 1 aromatic carbocycles. The van der Waals surface area contributed by atoms with Crippen molar-refractivity contribution in [2.24, 2.45) is 0 Å². The van der Waals surface area contributed by atoms with E-state index in [4.69, 9.17) is 10.2 Å². The van der Waals surface area contributed by atoms with Crippen LogP contribution in [-0.2, 0) is 10.0 Å². The number of benzene rings is 1. The lowest BCUT2D eigenvalue weighted by molar-refractivity contribution is 0.236. The Morgan fingerprint density at radius 2 is 1.95 bits per heavy atom. The van der Waals surface area contributed by atoms with Crippen molar-refractivity contribution in [1.82, 2.24) is 4.31 Å². The summed E-state index contributed by atoms with van der Waals surface area (Å²) < 4.78 is 26.7. The molecule has 0 unspecified atom stereocenters. The van der Waals surface area contributed by atoms with E-state index in [0.717, 1.165) is 5.56 Å². The Morgan fingerprint density at radius 1 is 1.29 bits per heavy atom. The molecule has 0 aromatic heterocycles. The number of hydrogen-bond acceptors (Lipinski definition) is 4. The third-order valence-electron chi connectivity index (χ3n) is 2.92. The summed E-state index contributed by atoms with van der Waals surface area (Å²) in [6, 6.07) is 4.61. The average Bonchev–Trinajstić information content (AvgIpc) is 2.41. The van der Waals surface area contributed by atoms with Crippen LogP contribution in [0.4, 0.5) is 0 Å². The van der Waals surface area contributed by atoms with Crippen molar-refractivity contribution >= 4 is 10.0 Å². The number of aliphatic hydroxyl groups excluding tert-OH is 2. The highest BCUT2D eigenvalue weighted by Gasteiger charge is 2.28. The molecule has 0 spiro atoms. The van der Waals surface area contributed by atoms with Crippen molar-refractivity contribution in [1.29, 1.82) is 0 Å². The molecule has 0 aliphatic rings. The van der Waals surface area contributed by atoms with E-state index in [9.17, 15) is 8.42 Å². The summed E-state index contributed by atoms with van der Waals surface area (Å²) in [5.41, 5.74) is 1.24. The van der Waals surface area contributed by atoms with Gasteiger partial charge in [0.2, 0.25) is 10.0 Å². The molecule has 0 radical (unpaired) electrons. The summed E-state index contributed by atoms with van der Waals surface area (Å²) in [4.78, 5) is 0.0937. The van der Waals surface area contributed by atoms with Crippen LogP contribution in [0.15, 0.2) is 23.1 Å². The molecule has 1 rings (SSSR count). The molecule has 0 aliphatic carbocycles. The molecule has 5 nitrogen and oxygen atoms in total. The van der Waals surface area contributed by atoms with Gasteiger partial charge in [-0.25, -0.2) is 8.42 Å². The van der Waals surface area contributed by atoms with E-state index in [0.29, 0.717) is 5.56 Å². The average molecular weight is 311 g/mol. The van der Waals surface area contributed by atoms with Crippen molar-refractivity contribution in [2.75, 3.05) is 19.8 Å². The third-order valence-corrected chi connectivity index (χ3v) is 5.05. The summed E-state index contributed by atoms with van der Waals surface area (Å²) in [6.45, 7) is 4.79. The van der Waals surface area contributed by atoms with Crippen LogP contribution >= 0.6 is 0 Å². The molecular weight excluding hydrogens is 290 g/mol. The van der Waals surface area contributed by atoms with Crippen LogP contribution in [-0.4, -0.2) is 48.7 Å². The van der Waals surface area contributed by atoms with Gasteiger partial charge in [0.25, 0.3) is 0 Å².